The fraction of sp³-hybridized carbons (Fsp3) is 0.643. The SMILES string of the molecule is CCCCC/C=C/C/C=C/CC(O)CC(=O)O. The van der Waals surface area contributed by atoms with E-state index >= 15 is 0 Å². The molecule has 0 radical (unpaired) electrons. The third-order valence-corrected chi connectivity index (χ3v) is 2.40. The van der Waals surface area contributed by atoms with Gasteiger partial charge < -0.3 is 10.2 Å². The predicted octanol–water partition coefficient (Wildman–Crippen LogP) is 3.29. The number of carbonyl (C=O) groups is 1. The Morgan fingerprint density at radius 1 is 1.18 bits per heavy atom. The van der Waals surface area contributed by atoms with Gasteiger partial charge in [-0.2, -0.15) is 0 Å². The van der Waals surface area contributed by atoms with E-state index in [1.54, 1.807) is 0 Å². The number of hydrogen-bond donors (Lipinski definition) is 2. The van der Waals surface area contributed by atoms with Crippen LogP contribution >= 0.6 is 0 Å². The number of hydrogen-bond acceptors (Lipinski definition) is 2. The monoisotopic (exact) mass is 240 g/mol. The molecule has 0 aromatic rings. The van der Waals surface area contributed by atoms with Gasteiger partial charge in [0.25, 0.3) is 0 Å². The van der Waals surface area contributed by atoms with Crippen molar-refractivity contribution in [2.24, 2.45) is 0 Å². The number of aliphatic hydroxyl groups excluding tert-OH is 1. The molecule has 1 unspecified atom stereocenters. The zero-order valence-electron chi connectivity index (χ0n) is 10.6. The minimum Gasteiger partial charge on any atom is -0.481 e. The highest BCUT2D eigenvalue weighted by Gasteiger charge is 2.06. The van der Waals surface area contributed by atoms with Gasteiger partial charge in [0.2, 0.25) is 0 Å². The second-order valence-electron chi connectivity index (χ2n) is 4.16. The molecule has 0 saturated carbocycles. The Morgan fingerprint density at radius 2 is 1.88 bits per heavy atom. The van der Waals surface area contributed by atoms with Crippen molar-refractivity contribution in [3.63, 3.8) is 0 Å². The molecule has 0 rings (SSSR count). The van der Waals surface area contributed by atoms with Crippen LogP contribution in [0.4, 0.5) is 0 Å². The molecule has 0 saturated heterocycles. The highest BCUT2D eigenvalue weighted by Crippen LogP contribution is 2.02. The Labute approximate surface area is 104 Å². The number of rotatable bonds is 10. The molecule has 0 spiro atoms. The molecule has 3 heteroatoms. The second kappa shape index (κ2) is 11.4. The van der Waals surface area contributed by atoms with E-state index in [9.17, 15) is 9.90 Å². The Bertz CT molecular complexity index is 244. The third kappa shape index (κ3) is 12.8. The number of carboxylic acid groups (broad SMARTS) is 1. The van der Waals surface area contributed by atoms with E-state index in [1.165, 1.54) is 19.3 Å². The van der Waals surface area contributed by atoms with Gasteiger partial charge in [0.1, 0.15) is 0 Å². The number of carboxylic acids is 1. The molecule has 0 amide bonds. The summed E-state index contributed by atoms with van der Waals surface area (Å²) in [6.45, 7) is 2.19. The van der Waals surface area contributed by atoms with Crippen LogP contribution in [0.25, 0.3) is 0 Å². The number of aliphatic carboxylic acids is 1. The molecule has 98 valence electrons. The Morgan fingerprint density at radius 3 is 2.53 bits per heavy atom. The molecule has 0 aromatic carbocycles. The molecule has 0 fully saturated rings. The largest absolute Gasteiger partial charge is 0.481 e. The normalized spacial score (nSPS) is 13.5. The van der Waals surface area contributed by atoms with Crippen LogP contribution in [-0.4, -0.2) is 22.3 Å². The first-order chi connectivity index (χ1) is 8.16. The van der Waals surface area contributed by atoms with Crippen LogP contribution in [0.2, 0.25) is 0 Å². The maximum Gasteiger partial charge on any atom is 0.305 e. The Kier molecular flexibility index (Phi) is 10.7. The highest BCUT2D eigenvalue weighted by molar-refractivity contribution is 5.67. The van der Waals surface area contributed by atoms with Crippen LogP contribution in [0.15, 0.2) is 24.3 Å². The van der Waals surface area contributed by atoms with Crippen LogP contribution in [-0.2, 0) is 4.79 Å². The smallest absolute Gasteiger partial charge is 0.305 e. The van der Waals surface area contributed by atoms with Gasteiger partial charge in [0.05, 0.1) is 12.5 Å². The molecule has 0 aromatic heterocycles. The second-order valence-corrected chi connectivity index (χ2v) is 4.16. The van der Waals surface area contributed by atoms with Crippen LogP contribution in [0.5, 0.6) is 0 Å². The fourth-order valence-corrected chi connectivity index (χ4v) is 1.44. The van der Waals surface area contributed by atoms with Crippen LogP contribution in [0.3, 0.4) is 0 Å². The lowest BCUT2D eigenvalue weighted by Gasteiger charge is -2.02. The summed E-state index contributed by atoms with van der Waals surface area (Å²) >= 11 is 0. The van der Waals surface area contributed by atoms with E-state index in [1.807, 2.05) is 12.2 Å². The van der Waals surface area contributed by atoms with Gasteiger partial charge in [0.15, 0.2) is 0 Å². The molecule has 0 aliphatic rings. The summed E-state index contributed by atoms with van der Waals surface area (Å²) < 4.78 is 0. The standard InChI is InChI=1S/C14H24O3/c1-2-3-4-5-6-7-8-9-10-11-13(15)12-14(16)17/h6-7,9-10,13,15H,2-5,8,11-12H2,1H3,(H,16,17)/b7-6+,10-9+. The number of allylic oxidation sites excluding steroid dienone is 3. The summed E-state index contributed by atoms with van der Waals surface area (Å²) in [6.07, 6.45) is 13.3. The molecule has 17 heavy (non-hydrogen) atoms. The van der Waals surface area contributed by atoms with Gasteiger partial charge in [-0.15, -0.1) is 0 Å². The van der Waals surface area contributed by atoms with Crippen molar-refractivity contribution in [3.8, 4) is 0 Å². The fourth-order valence-electron chi connectivity index (χ4n) is 1.44. The maximum atomic E-state index is 10.3. The summed E-state index contributed by atoms with van der Waals surface area (Å²) in [6, 6.07) is 0. The van der Waals surface area contributed by atoms with Crippen LogP contribution in [0.1, 0.15) is 51.9 Å². The minimum atomic E-state index is -0.957. The van der Waals surface area contributed by atoms with E-state index in [0.717, 1.165) is 12.8 Å². The summed E-state index contributed by atoms with van der Waals surface area (Å²) in [5, 5.41) is 17.7. The zero-order chi connectivity index (χ0) is 12.9. The lowest BCUT2D eigenvalue weighted by molar-refractivity contribution is -0.139. The van der Waals surface area contributed by atoms with Crippen molar-refractivity contribution in [3.05, 3.63) is 24.3 Å². The van der Waals surface area contributed by atoms with Gasteiger partial charge in [0, 0.05) is 0 Å². The van der Waals surface area contributed by atoms with E-state index in [0.29, 0.717) is 6.42 Å². The molecule has 3 nitrogen and oxygen atoms in total. The molecule has 0 heterocycles. The lowest BCUT2D eigenvalue weighted by Crippen LogP contribution is -2.11. The van der Waals surface area contributed by atoms with E-state index in [4.69, 9.17) is 5.11 Å². The van der Waals surface area contributed by atoms with Gasteiger partial charge >= 0.3 is 5.97 Å². The third-order valence-electron chi connectivity index (χ3n) is 2.40. The van der Waals surface area contributed by atoms with Gasteiger partial charge in [-0.25, -0.2) is 0 Å². The summed E-state index contributed by atoms with van der Waals surface area (Å²) in [4.78, 5) is 10.3. The molecule has 0 aliphatic heterocycles. The van der Waals surface area contributed by atoms with Crippen LogP contribution in [0, 0.1) is 0 Å². The first kappa shape index (κ1) is 15.9. The summed E-state index contributed by atoms with van der Waals surface area (Å²) in [5.41, 5.74) is 0. The van der Waals surface area contributed by atoms with Crippen molar-refractivity contribution < 1.29 is 15.0 Å². The number of unbranched alkanes of at least 4 members (excludes halogenated alkanes) is 3. The van der Waals surface area contributed by atoms with Crippen molar-refractivity contribution in [1.29, 1.82) is 0 Å². The van der Waals surface area contributed by atoms with Crippen molar-refractivity contribution in [2.45, 2.75) is 58.0 Å². The molecular weight excluding hydrogens is 216 g/mol. The average molecular weight is 240 g/mol. The summed E-state index contributed by atoms with van der Waals surface area (Å²) in [7, 11) is 0. The first-order valence-corrected chi connectivity index (χ1v) is 6.36. The zero-order valence-corrected chi connectivity index (χ0v) is 10.6. The van der Waals surface area contributed by atoms with Crippen LogP contribution < -0.4 is 0 Å². The lowest BCUT2D eigenvalue weighted by atomic mass is 10.1. The number of aliphatic hydroxyl groups is 1. The molecule has 2 N–H and O–H groups in total. The summed E-state index contributed by atoms with van der Waals surface area (Å²) in [5.74, 6) is -0.957. The molecule has 0 bridgehead atoms. The Hall–Kier alpha value is -1.09. The molecule has 0 aliphatic carbocycles. The topological polar surface area (TPSA) is 57.5 Å². The van der Waals surface area contributed by atoms with Crippen molar-refractivity contribution in [1.82, 2.24) is 0 Å². The van der Waals surface area contributed by atoms with Crippen molar-refractivity contribution >= 4 is 5.97 Å². The van der Waals surface area contributed by atoms with Gasteiger partial charge in [-0.1, -0.05) is 44.1 Å². The highest BCUT2D eigenvalue weighted by atomic mass is 16.4. The molecule has 1 atom stereocenters. The quantitative estimate of drug-likeness (QED) is 0.455. The van der Waals surface area contributed by atoms with E-state index in [2.05, 4.69) is 19.1 Å². The average Bonchev–Trinajstić information content (AvgIpc) is 2.26. The van der Waals surface area contributed by atoms with E-state index < -0.39 is 12.1 Å². The van der Waals surface area contributed by atoms with Gasteiger partial charge in [-0.05, 0) is 25.7 Å². The minimum absolute atomic E-state index is 0.183. The van der Waals surface area contributed by atoms with Crippen molar-refractivity contribution in [2.75, 3.05) is 0 Å². The van der Waals surface area contributed by atoms with Gasteiger partial charge in [-0.3, -0.25) is 4.79 Å². The predicted molar refractivity (Wildman–Crippen MR) is 69.9 cm³/mol. The van der Waals surface area contributed by atoms with E-state index in [-0.39, 0.29) is 6.42 Å². The Balaban J connectivity index is 3.44. The molecular formula is C14H24O3. The first-order valence-electron chi connectivity index (χ1n) is 6.36. The maximum absolute atomic E-state index is 10.3.